The topological polar surface area (TPSA) is 41.1 Å². The van der Waals surface area contributed by atoms with E-state index in [0.717, 1.165) is 46.8 Å². The van der Waals surface area contributed by atoms with Gasteiger partial charge in [-0.05, 0) is 50.3 Å². The molecule has 0 radical (unpaired) electrons. The van der Waals surface area contributed by atoms with Gasteiger partial charge in [-0.25, -0.2) is 9.97 Å². The SMILES string of the molecule is Cc1nc(Nc2cccc(Cl)c2C)cc(N2CCCC(C)C2)n1. The van der Waals surface area contributed by atoms with E-state index in [0.29, 0.717) is 5.92 Å². The Morgan fingerprint density at radius 2 is 2.09 bits per heavy atom. The van der Waals surface area contributed by atoms with E-state index in [9.17, 15) is 0 Å². The highest BCUT2D eigenvalue weighted by atomic mass is 35.5. The van der Waals surface area contributed by atoms with E-state index in [1.165, 1.54) is 12.8 Å². The van der Waals surface area contributed by atoms with Gasteiger partial charge >= 0.3 is 0 Å². The van der Waals surface area contributed by atoms with Crippen molar-refractivity contribution < 1.29 is 0 Å². The van der Waals surface area contributed by atoms with Crippen molar-refractivity contribution in [1.29, 1.82) is 0 Å². The standard InChI is InChI=1S/C18H23ClN4/c1-12-6-5-9-23(11-12)18-10-17(20-14(3)21-18)22-16-8-4-7-15(19)13(16)2/h4,7-8,10,12H,5-6,9,11H2,1-3H3,(H,20,21,22). The summed E-state index contributed by atoms with van der Waals surface area (Å²) >= 11 is 6.20. The van der Waals surface area contributed by atoms with Gasteiger partial charge in [0.15, 0.2) is 0 Å². The van der Waals surface area contributed by atoms with Crippen LogP contribution in [0.4, 0.5) is 17.3 Å². The maximum absolute atomic E-state index is 6.20. The molecule has 4 nitrogen and oxygen atoms in total. The predicted octanol–water partition coefficient (Wildman–Crippen LogP) is 4.73. The summed E-state index contributed by atoms with van der Waals surface area (Å²) in [5.41, 5.74) is 2.01. The van der Waals surface area contributed by atoms with Crippen molar-refractivity contribution in [2.24, 2.45) is 5.92 Å². The van der Waals surface area contributed by atoms with Crippen LogP contribution in [0.2, 0.25) is 5.02 Å². The predicted molar refractivity (Wildman–Crippen MR) is 96.9 cm³/mol. The van der Waals surface area contributed by atoms with Crippen LogP contribution in [0.5, 0.6) is 0 Å². The van der Waals surface area contributed by atoms with E-state index in [2.05, 4.69) is 27.1 Å². The van der Waals surface area contributed by atoms with Gasteiger partial charge in [-0.2, -0.15) is 0 Å². The lowest BCUT2D eigenvalue weighted by Gasteiger charge is -2.32. The lowest BCUT2D eigenvalue weighted by atomic mass is 10.0. The molecule has 1 unspecified atom stereocenters. The van der Waals surface area contributed by atoms with Crippen molar-refractivity contribution in [2.75, 3.05) is 23.3 Å². The van der Waals surface area contributed by atoms with Crippen LogP contribution in [0.3, 0.4) is 0 Å². The van der Waals surface area contributed by atoms with Crippen LogP contribution in [-0.4, -0.2) is 23.1 Å². The first-order valence-electron chi connectivity index (χ1n) is 8.15. The highest BCUT2D eigenvalue weighted by Crippen LogP contribution is 2.28. The first-order chi connectivity index (χ1) is 11.0. The van der Waals surface area contributed by atoms with E-state index in [4.69, 9.17) is 11.6 Å². The third kappa shape index (κ3) is 3.75. The largest absolute Gasteiger partial charge is 0.356 e. The fourth-order valence-corrected chi connectivity index (χ4v) is 3.23. The molecule has 5 heteroatoms. The van der Waals surface area contributed by atoms with Gasteiger partial charge in [-0.3, -0.25) is 0 Å². The average Bonchev–Trinajstić information content (AvgIpc) is 2.51. The Balaban J connectivity index is 1.87. The average molecular weight is 331 g/mol. The zero-order valence-corrected chi connectivity index (χ0v) is 14.7. The molecule has 122 valence electrons. The fraction of sp³-hybridized carbons (Fsp3) is 0.444. The number of anilines is 3. The highest BCUT2D eigenvalue weighted by Gasteiger charge is 2.18. The molecule has 0 spiro atoms. The summed E-state index contributed by atoms with van der Waals surface area (Å²) in [5, 5.41) is 4.14. The van der Waals surface area contributed by atoms with Gasteiger partial charge in [0.05, 0.1) is 0 Å². The maximum atomic E-state index is 6.20. The number of hydrogen-bond acceptors (Lipinski definition) is 4. The summed E-state index contributed by atoms with van der Waals surface area (Å²) in [6.45, 7) is 8.37. The first kappa shape index (κ1) is 16.1. The summed E-state index contributed by atoms with van der Waals surface area (Å²) in [5.74, 6) is 3.32. The Kier molecular flexibility index (Phi) is 4.71. The molecule has 1 aliphatic heterocycles. The van der Waals surface area contributed by atoms with Crippen molar-refractivity contribution in [2.45, 2.75) is 33.6 Å². The molecule has 0 amide bonds. The fourth-order valence-electron chi connectivity index (χ4n) is 3.06. The molecule has 1 fully saturated rings. The molecule has 1 atom stereocenters. The molecule has 3 rings (SSSR count). The van der Waals surface area contributed by atoms with Crippen LogP contribution in [0, 0.1) is 19.8 Å². The van der Waals surface area contributed by atoms with Gasteiger partial charge in [-0.1, -0.05) is 24.6 Å². The summed E-state index contributed by atoms with van der Waals surface area (Å²) in [4.78, 5) is 11.5. The normalized spacial score (nSPS) is 18.1. The number of nitrogens with zero attached hydrogens (tertiary/aromatic N) is 3. The molecular formula is C18H23ClN4. The molecule has 1 aliphatic rings. The van der Waals surface area contributed by atoms with Crippen molar-refractivity contribution in [3.8, 4) is 0 Å². The second-order valence-electron chi connectivity index (χ2n) is 6.39. The Morgan fingerprint density at radius 3 is 2.87 bits per heavy atom. The second kappa shape index (κ2) is 6.75. The van der Waals surface area contributed by atoms with E-state index in [1.54, 1.807) is 0 Å². The van der Waals surface area contributed by atoms with Gasteiger partial charge in [0.1, 0.15) is 17.5 Å². The number of hydrogen-bond donors (Lipinski definition) is 1. The molecule has 1 saturated heterocycles. The van der Waals surface area contributed by atoms with Crippen LogP contribution in [-0.2, 0) is 0 Å². The van der Waals surface area contributed by atoms with Crippen LogP contribution < -0.4 is 10.2 Å². The van der Waals surface area contributed by atoms with Crippen molar-refractivity contribution >= 4 is 28.9 Å². The van der Waals surface area contributed by atoms with Crippen molar-refractivity contribution in [3.63, 3.8) is 0 Å². The molecular weight excluding hydrogens is 308 g/mol. The molecule has 2 aromatic rings. The number of rotatable bonds is 3. The van der Waals surface area contributed by atoms with Gasteiger partial charge in [0.2, 0.25) is 0 Å². The van der Waals surface area contributed by atoms with E-state index in [1.807, 2.05) is 38.1 Å². The summed E-state index contributed by atoms with van der Waals surface area (Å²) in [6.07, 6.45) is 2.52. The van der Waals surface area contributed by atoms with Gasteiger partial charge < -0.3 is 10.2 Å². The molecule has 0 aliphatic carbocycles. The monoisotopic (exact) mass is 330 g/mol. The van der Waals surface area contributed by atoms with Crippen LogP contribution in [0.15, 0.2) is 24.3 Å². The summed E-state index contributed by atoms with van der Waals surface area (Å²) < 4.78 is 0. The zero-order chi connectivity index (χ0) is 16.4. The molecule has 1 aromatic heterocycles. The Hall–Kier alpha value is -1.81. The van der Waals surface area contributed by atoms with Gasteiger partial charge in [0, 0.05) is 29.9 Å². The second-order valence-corrected chi connectivity index (χ2v) is 6.80. The van der Waals surface area contributed by atoms with Crippen LogP contribution in [0.25, 0.3) is 0 Å². The molecule has 1 aromatic carbocycles. The van der Waals surface area contributed by atoms with Crippen molar-refractivity contribution in [3.05, 3.63) is 40.7 Å². The number of benzene rings is 1. The van der Waals surface area contributed by atoms with Crippen LogP contribution >= 0.6 is 11.6 Å². The summed E-state index contributed by atoms with van der Waals surface area (Å²) in [6, 6.07) is 7.89. The minimum absolute atomic E-state index is 0.714. The van der Waals surface area contributed by atoms with Crippen molar-refractivity contribution in [1.82, 2.24) is 9.97 Å². The highest BCUT2D eigenvalue weighted by molar-refractivity contribution is 6.31. The molecule has 2 heterocycles. The Bertz CT molecular complexity index is 701. The smallest absolute Gasteiger partial charge is 0.136 e. The minimum atomic E-state index is 0.714. The number of aromatic nitrogens is 2. The van der Waals surface area contributed by atoms with Gasteiger partial charge in [-0.15, -0.1) is 0 Å². The minimum Gasteiger partial charge on any atom is -0.356 e. The molecule has 1 N–H and O–H groups in total. The molecule has 0 bridgehead atoms. The van der Waals surface area contributed by atoms with E-state index in [-0.39, 0.29) is 0 Å². The quantitative estimate of drug-likeness (QED) is 0.883. The zero-order valence-electron chi connectivity index (χ0n) is 13.9. The number of halogens is 1. The molecule has 23 heavy (non-hydrogen) atoms. The number of aryl methyl sites for hydroxylation is 1. The Morgan fingerprint density at radius 1 is 1.26 bits per heavy atom. The van der Waals surface area contributed by atoms with Crippen LogP contribution in [0.1, 0.15) is 31.2 Å². The maximum Gasteiger partial charge on any atom is 0.136 e. The first-order valence-corrected chi connectivity index (χ1v) is 8.53. The third-order valence-electron chi connectivity index (χ3n) is 4.34. The number of piperidine rings is 1. The summed E-state index contributed by atoms with van der Waals surface area (Å²) in [7, 11) is 0. The Labute approximate surface area is 142 Å². The third-order valence-corrected chi connectivity index (χ3v) is 4.75. The lowest BCUT2D eigenvalue weighted by molar-refractivity contribution is 0.444. The molecule has 0 saturated carbocycles. The van der Waals surface area contributed by atoms with E-state index >= 15 is 0 Å². The lowest BCUT2D eigenvalue weighted by Crippen LogP contribution is -2.35. The van der Waals surface area contributed by atoms with E-state index < -0.39 is 0 Å². The van der Waals surface area contributed by atoms with Gasteiger partial charge in [0.25, 0.3) is 0 Å². The number of nitrogens with one attached hydrogen (secondary N) is 1.